The maximum absolute atomic E-state index is 12.3. The van der Waals surface area contributed by atoms with Gasteiger partial charge in [0, 0.05) is 18.7 Å². The van der Waals surface area contributed by atoms with E-state index in [1.165, 1.54) is 0 Å². The predicted molar refractivity (Wildman–Crippen MR) is 64.6 cm³/mol. The first-order valence-corrected chi connectivity index (χ1v) is 6.69. The first-order chi connectivity index (χ1) is 8.25. The molecule has 92 valence electrons. The molecular weight excluding hydrogens is 286 g/mol. The first kappa shape index (κ1) is 11.2. The van der Waals surface area contributed by atoms with Crippen molar-refractivity contribution in [2.75, 3.05) is 19.6 Å². The summed E-state index contributed by atoms with van der Waals surface area (Å²) in [6, 6.07) is 2.00. The van der Waals surface area contributed by atoms with E-state index >= 15 is 0 Å². The highest BCUT2D eigenvalue weighted by molar-refractivity contribution is 9.10. The molecule has 2 aliphatic heterocycles. The van der Waals surface area contributed by atoms with Crippen LogP contribution >= 0.6 is 15.9 Å². The topological polar surface area (TPSA) is 58.4 Å². The summed E-state index contributed by atoms with van der Waals surface area (Å²) in [5, 5.41) is 7.07. The van der Waals surface area contributed by atoms with Crippen LogP contribution in [-0.4, -0.2) is 41.6 Å². The summed E-state index contributed by atoms with van der Waals surface area (Å²) in [7, 11) is 0. The largest absolute Gasteiger partial charge is 0.350 e. The fourth-order valence-electron chi connectivity index (χ4n) is 2.83. The van der Waals surface area contributed by atoms with Crippen molar-refractivity contribution in [2.24, 2.45) is 5.92 Å². The molecule has 3 rings (SSSR count). The zero-order valence-electron chi connectivity index (χ0n) is 9.36. The summed E-state index contributed by atoms with van der Waals surface area (Å²) in [6.45, 7) is 2.84. The number of rotatable bonds is 1. The second kappa shape index (κ2) is 4.42. The van der Waals surface area contributed by atoms with Gasteiger partial charge in [0.25, 0.3) is 5.91 Å². The number of nitrogens with zero attached hydrogens (tertiary/aromatic N) is 2. The maximum atomic E-state index is 12.3. The van der Waals surface area contributed by atoms with Crippen molar-refractivity contribution in [1.82, 2.24) is 15.4 Å². The molecule has 0 saturated carbocycles. The number of piperidine rings is 1. The van der Waals surface area contributed by atoms with Gasteiger partial charge in [-0.2, -0.15) is 0 Å². The van der Waals surface area contributed by atoms with Crippen molar-refractivity contribution in [3.63, 3.8) is 0 Å². The molecule has 0 radical (unpaired) electrons. The summed E-state index contributed by atoms with van der Waals surface area (Å²) in [5.41, 5.74) is 0. The van der Waals surface area contributed by atoms with Crippen LogP contribution in [0.25, 0.3) is 0 Å². The van der Waals surface area contributed by atoms with Gasteiger partial charge in [-0.05, 0) is 47.8 Å². The standard InChI is InChI=1S/C11H14BrN3O2/c12-10-5-9(17-14-10)11(16)15-4-2-7-6-13-3-1-8(7)15/h5,7-8,13H,1-4,6H2. The molecule has 5 nitrogen and oxygen atoms in total. The molecule has 1 amide bonds. The zero-order valence-corrected chi connectivity index (χ0v) is 10.9. The highest BCUT2D eigenvalue weighted by Gasteiger charge is 2.39. The number of hydrogen-bond donors (Lipinski definition) is 1. The summed E-state index contributed by atoms with van der Waals surface area (Å²) in [5.74, 6) is 0.896. The molecule has 0 bridgehead atoms. The Morgan fingerprint density at radius 1 is 1.59 bits per heavy atom. The highest BCUT2D eigenvalue weighted by atomic mass is 79.9. The summed E-state index contributed by atoms with van der Waals surface area (Å²) < 4.78 is 5.59. The van der Waals surface area contributed by atoms with Gasteiger partial charge < -0.3 is 14.7 Å². The van der Waals surface area contributed by atoms with Crippen molar-refractivity contribution in [1.29, 1.82) is 0 Å². The number of likely N-dealkylation sites (tertiary alicyclic amines) is 1. The molecule has 1 N–H and O–H groups in total. The molecule has 6 heteroatoms. The first-order valence-electron chi connectivity index (χ1n) is 5.89. The lowest BCUT2D eigenvalue weighted by Gasteiger charge is -2.31. The average molecular weight is 300 g/mol. The minimum Gasteiger partial charge on any atom is -0.350 e. The number of amides is 1. The fraction of sp³-hybridized carbons (Fsp3) is 0.636. The lowest BCUT2D eigenvalue weighted by Crippen LogP contribution is -2.45. The lowest BCUT2D eigenvalue weighted by molar-refractivity contribution is 0.0655. The number of aromatic nitrogens is 1. The molecular formula is C11H14BrN3O2. The average Bonchev–Trinajstić information content (AvgIpc) is 2.94. The van der Waals surface area contributed by atoms with Gasteiger partial charge in [-0.25, -0.2) is 0 Å². The molecule has 0 spiro atoms. The Hall–Kier alpha value is -0.880. The van der Waals surface area contributed by atoms with E-state index < -0.39 is 0 Å². The summed E-state index contributed by atoms with van der Waals surface area (Å²) in [4.78, 5) is 14.2. The molecule has 17 heavy (non-hydrogen) atoms. The van der Waals surface area contributed by atoms with Crippen molar-refractivity contribution < 1.29 is 9.32 Å². The molecule has 2 fully saturated rings. The van der Waals surface area contributed by atoms with Crippen molar-refractivity contribution in [2.45, 2.75) is 18.9 Å². The van der Waals surface area contributed by atoms with Gasteiger partial charge in [0.05, 0.1) is 0 Å². The molecule has 2 unspecified atom stereocenters. The fourth-order valence-corrected chi connectivity index (χ4v) is 3.11. The molecule has 3 heterocycles. The minimum absolute atomic E-state index is 0.0300. The molecule has 2 aliphatic rings. The Balaban J connectivity index is 1.78. The van der Waals surface area contributed by atoms with Crippen molar-refractivity contribution >= 4 is 21.8 Å². The van der Waals surface area contributed by atoms with Gasteiger partial charge in [-0.3, -0.25) is 4.79 Å². The van der Waals surface area contributed by atoms with E-state index in [1.807, 2.05) is 4.90 Å². The zero-order chi connectivity index (χ0) is 11.8. The van der Waals surface area contributed by atoms with E-state index in [0.29, 0.717) is 22.3 Å². The third-order valence-corrected chi connectivity index (χ3v) is 4.04. The number of hydrogen-bond acceptors (Lipinski definition) is 4. The van der Waals surface area contributed by atoms with Crippen LogP contribution < -0.4 is 5.32 Å². The quantitative estimate of drug-likeness (QED) is 0.848. The van der Waals surface area contributed by atoms with E-state index in [-0.39, 0.29) is 5.91 Å². The third-order valence-electron chi connectivity index (χ3n) is 3.66. The van der Waals surface area contributed by atoms with Crippen LogP contribution in [0, 0.1) is 5.92 Å². The number of carbonyl (C=O) groups excluding carboxylic acids is 1. The SMILES string of the molecule is O=C(c1cc(Br)no1)N1CCC2CNCCC21. The van der Waals surface area contributed by atoms with Crippen LogP contribution in [0.15, 0.2) is 15.2 Å². The predicted octanol–water partition coefficient (Wildman–Crippen LogP) is 1.26. The molecule has 2 saturated heterocycles. The van der Waals surface area contributed by atoms with Crippen LogP contribution in [0.3, 0.4) is 0 Å². The van der Waals surface area contributed by atoms with E-state index in [9.17, 15) is 4.79 Å². The van der Waals surface area contributed by atoms with Crippen LogP contribution in [0.4, 0.5) is 0 Å². The number of halogens is 1. The van der Waals surface area contributed by atoms with Gasteiger partial charge in [0.1, 0.15) is 4.60 Å². The monoisotopic (exact) mass is 299 g/mol. The van der Waals surface area contributed by atoms with Gasteiger partial charge in [0.15, 0.2) is 0 Å². The van der Waals surface area contributed by atoms with E-state index in [1.54, 1.807) is 6.07 Å². The molecule has 1 aromatic heterocycles. The highest BCUT2D eigenvalue weighted by Crippen LogP contribution is 2.30. The molecule has 1 aromatic rings. The number of carbonyl (C=O) groups is 1. The molecule has 0 aliphatic carbocycles. The maximum Gasteiger partial charge on any atom is 0.292 e. The lowest BCUT2D eigenvalue weighted by atomic mass is 9.94. The van der Waals surface area contributed by atoms with Gasteiger partial charge in [-0.1, -0.05) is 5.16 Å². The second-order valence-electron chi connectivity index (χ2n) is 4.62. The van der Waals surface area contributed by atoms with E-state index in [0.717, 1.165) is 32.5 Å². The Morgan fingerprint density at radius 3 is 3.24 bits per heavy atom. The normalized spacial score (nSPS) is 28.2. The Kier molecular flexibility index (Phi) is 2.92. The minimum atomic E-state index is -0.0300. The smallest absolute Gasteiger partial charge is 0.292 e. The van der Waals surface area contributed by atoms with E-state index in [2.05, 4.69) is 26.4 Å². The van der Waals surface area contributed by atoms with E-state index in [4.69, 9.17) is 4.52 Å². The van der Waals surface area contributed by atoms with Crippen LogP contribution in [0.5, 0.6) is 0 Å². The van der Waals surface area contributed by atoms with Gasteiger partial charge in [0.2, 0.25) is 5.76 Å². The summed E-state index contributed by atoms with van der Waals surface area (Å²) >= 11 is 3.19. The number of nitrogens with one attached hydrogen (secondary N) is 1. The second-order valence-corrected chi connectivity index (χ2v) is 5.43. The van der Waals surface area contributed by atoms with Gasteiger partial charge >= 0.3 is 0 Å². The van der Waals surface area contributed by atoms with Crippen LogP contribution in [-0.2, 0) is 0 Å². The van der Waals surface area contributed by atoms with Crippen molar-refractivity contribution in [3.05, 3.63) is 16.4 Å². The Morgan fingerprint density at radius 2 is 2.47 bits per heavy atom. The van der Waals surface area contributed by atoms with Gasteiger partial charge in [-0.15, -0.1) is 0 Å². The van der Waals surface area contributed by atoms with Crippen LogP contribution in [0.1, 0.15) is 23.4 Å². The number of fused-ring (bicyclic) bond motifs is 1. The van der Waals surface area contributed by atoms with Crippen molar-refractivity contribution in [3.8, 4) is 0 Å². The molecule has 0 aromatic carbocycles. The summed E-state index contributed by atoms with van der Waals surface area (Å²) in [6.07, 6.45) is 2.12. The Bertz CT molecular complexity index is 434. The third kappa shape index (κ3) is 1.99. The van der Waals surface area contributed by atoms with Crippen LogP contribution in [0.2, 0.25) is 0 Å². The Labute approximate surface area is 108 Å². The molecule has 2 atom stereocenters.